The summed E-state index contributed by atoms with van der Waals surface area (Å²) in [6.45, 7) is 2.16. The maximum Gasteiger partial charge on any atom is 0.309 e. The van der Waals surface area contributed by atoms with Gasteiger partial charge in [0.25, 0.3) is 0 Å². The zero-order valence-electron chi connectivity index (χ0n) is 12.6. The number of aliphatic hydroxyl groups is 1. The molecule has 2 aromatic carbocycles. The Labute approximate surface area is 130 Å². The number of esters is 1. The number of fused-ring (bicyclic) bond motifs is 1. The van der Waals surface area contributed by atoms with Gasteiger partial charge in [-0.25, -0.2) is 0 Å². The molecule has 3 unspecified atom stereocenters. The number of hydrogen-bond donors (Lipinski definition) is 1. The highest BCUT2D eigenvalue weighted by Gasteiger charge is 2.39. The third-order valence-corrected chi connectivity index (χ3v) is 4.32. The van der Waals surface area contributed by atoms with E-state index in [1.54, 1.807) is 0 Å². The molecule has 0 radical (unpaired) electrons. The van der Waals surface area contributed by atoms with Crippen LogP contribution in [0, 0.1) is 5.92 Å². The van der Waals surface area contributed by atoms with Crippen molar-refractivity contribution in [3.8, 4) is 0 Å². The fraction of sp³-hybridized carbons (Fsp3) is 0.316. The molecule has 22 heavy (non-hydrogen) atoms. The van der Waals surface area contributed by atoms with Crippen LogP contribution in [-0.4, -0.2) is 17.7 Å². The van der Waals surface area contributed by atoms with Gasteiger partial charge in [-0.15, -0.1) is 0 Å². The summed E-state index contributed by atoms with van der Waals surface area (Å²) in [5.74, 6) is -0.656. The molecule has 0 aromatic heterocycles. The molecule has 3 atom stereocenters. The summed E-state index contributed by atoms with van der Waals surface area (Å²) < 4.78 is 5.25. The Morgan fingerprint density at radius 3 is 2.41 bits per heavy atom. The normalized spacial score (nSPS) is 23.6. The SMILES string of the molecule is CCOC(=O)C1CC(O)c2ccccc2C1c1ccccc1. The van der Waals surface area contributed by atoms with E-state index in [1.807, 2.05) is 61.5 Å². The van der Waals surface area contributed by atoms with Gasteiger partial charge in [0, 0.05) is 5.92 Å². The molecule has 0 bridgehead atoms. The van der Waals surface area contributed by atoms with Gasteiger partial charge in [-0.05, 0) is 30.0 Å². The van der Waals surface area contributed by atoms with E-state index in [9.17, 15) is 9.90 Å². The first-order chi connectivity index (χ1) is 10.7. The maximum atomic E-state index is 12.4. The van der Waals surface area contributed by atoms with Gasteiger partial charge >= 0.3 is 5.97 Å². The zero-order chi connectivity index (χ0) is 15.5. The summed E-state index contributed by atoms with van der Waals surface area (Å²) in [5.41, 5.74) is 3.02. The minimum absolute atomic E-state index is 0.0696. The molecule has 0 amide bonds. The van der Waals surface area contributed by atoms with Gasteiger partial charge < -0.3 is 9.84 Å². The minimum atomic E-state index is -0.620. The standard InChI is InChI=1S/C19H20O3/c1-2-22-19(21)16-12-17(20)14-10-6-7-11-15(14)18(16)13-8-4-3-5-9-13/h3-11,16-18,20H,2,12H2,1H3. The van der Waals surface area contributed by atoms with Crippen LogP contribution in [0.15, 0.2) is 54.6 Å². The molecule has 0 saturated heterocycles. The van der Waals surface area contributed by atoms with Crippen molar-refractivity contribution in [1.29, 1.82) is 0 Å². The third-order valence-electron chi connectivity index (χ3n) is 4.32. The Morgan fingerprint density at radius 1 is 1.09 bits per heavy atom. The van der Waals surface area contributed by atoms with Gasteiger partial charge in [-0.1, -0.05) is 54.6 Å². The van der Waals surface area contributed by atoms with Gasteiger partial charge in [0.05, 0.1) is 18.6 Å². The lowest BCUT2D eigenvalue weighted by atomic mass is 9.71. The lowest BCUT2D eigenvalue weighted by molar-refractivity contribution is -0.150. The van der Waals surface area contributed by atoms with Crippen LogP contribution in [0.2, 0.25) is 0 Å². The van der Waals surface area contributed by atoms with E-state index in [0.717, 1.165) is 16.7 Å². The molecule has 114 valence electrons. The van der Waals surface area contributed by atoms with Crippen LogP contribution in [0.3, 0.4) is 0 Å². The number of benzene rings is 2. The van der Waals surface area contributed by atoms with Crippen LogP contribution in [-0.2, 0) is 9.53 Å². The topological polar surface area (TPSA) is 46.5 Å². The van der Waals surface area contributed by atoms with E-state index in [1.165, 1.54) is 0 Å². The average Bonchev–Trinajstić information content (AvgIpc) is 2.56. The number of carbonyl (C=O) groups is 1. The van der Waals surface area contributed by atoms with Crippen molar-refractivity contribution in [2.45, 2.75) is 25.4 Å². The molecule has 1 aliphatic carbocycles. The Hall–Kier alpha value is -2.13. The molecule has 0 aliphatic heterocycles. The van der Waals surface area contributed by atoms with E-state index in [4.69, 9.17) is 4.74 Å². The molecule has 0 fully saturated rings. The number of hydrogen-bond acceptors (Lipinski definition) is 3. The van der Waals surface area contributed by atoms with E-state index in [0.29, 0.717) is 13.0 Å². The second-order valence-electron chi connectivity index (χ2n) is 5.63. The van der Waals surface area contributed by atoms with Gasteiger partial charge in [0.1, 0.15) is 0 Å². The van der Waals surface area contributed by atoms with Crippen LogP contribution >= 0.6 is 0 Å². The molecule has 0 spiro atoms. The zero-order valence-corrected chi connectivity index (χ0v) is 12.6. The lowest BCUT2D eigenvalue weighted by Crippen LogP contribution is -2.32. The summed E-state index contributed by atoms with van der Waals surface area (Å²) in [6.07, 6.45) is -0.222. The van der Waals surface area contributed by atoms with Crippen molar-refractivity contribution in [2.24, 2.45) is 5.92 Å². The Morgan fingerprint density at radius 2 is 1.73 bits per heavy atom. The fourth-order valence-corrected chi connectivity index (χ4v) is 3.37. The largest absolute Gasteiger partial charge is 0.466 e. The number of carbonyl (C=O) groups excluding carboxylic acids is 1. The van der Waals surface area contributed by atoms with Crippen LogP contribution in [0.25, 0.3) is 0 Å². The van der Waals surface area contributed by atoms with Crippen LogP contribution in [0.1, 0.15) is 42.1 Å². The van der Waals surface area contributed by atoms with Crippen LogP contribution in [0.4, 0.5) is 0 Å². The van der Waals surface area contributed by atoms with Crippen molar-refractivity contribution >= 4 is 5.97 Å². The van der Waals surface area contributed by atoms with Crippen LogP contribution in [0.5, 0.6) is 0 Å². The van der Waals surface area contributed by atoms with Crippen molar-refractivity contribution in [3.63, 3.8) is 0 Å². The molecule has 1 N–H and O–H groups in total. The van der Waals surface area contributed by atoms with Gasteiger partial charge in [-0.3, -0.25) is 4.79 Å². The van der Waals surface area contributed by atoms with Gasteiger partial charge in [0.15, 0.2) is 0 Å². The summed E-state index contributed by atoms with van der Waals surface area (Å²) >= 11 is 0. The van der Waals surface area contributed by atoms with Crippen LogP contribution < -0.4 is 0 Å². The highest BCUT2D eigenvalue weighted by atomic mass is 16.5. The van der Waals surface area contributed by atoms with E-state index in [2.05, 4.69) is 0 Å². The Kier molecular flexibility index (Phi) is 4.25. The number of ether oxygens (including phenoxy) is 1. The van der Waals surface area contributed by atoms with E-state index >= 15 is 0 Å². The molecule has 2 aromatic rings. The first-order valence-electron chi connectivity index (χ1n) is 7.70. The summed E-state index contributed by atoms with van der Waals surface area (Å²) in [7, 11) is 0. The molecule has 3 heteroatoms. The molecule has 1 aliphatic rings. The molecular weight excluding hydrogens is 276 g/mol. The second kappa shape index (κ2) is 6.32. The van der Waals surface area contributed by atoms with Crippen molar-refractivity contribution in [3.05, 3.63) is 71.3 Å². The highest BCUT2D eigenvalue weighted by Crippen LogP contribution is 2.45. The highest BCUT2D eigenvalue weighted by molar-refractivity contribution is 5.75. The monoisotopic (exact) mass is 296 g/mol. The number of aliphatic hydroxyl groups excluding tert-OH is 1. The van der Waals surface area contributed by atoms with Crippen molar-refractivity contribution < 1.29 is 14.6 Å². The van der Waals surface area contributed by atoms with Gasteiger partial charge in [-0.2, -0.15) is 0 Å². The van der Waals surface area contributed by atoms with E-state index < -0.39 is 6.10 Å². The number of rotatable bonds is 3. The first kappa shape index (κ1) is 14.8. The fourth-order valence-electron chi connectivity index (χ4n) is 3.37. The van der Waals surface area contributed by atoms with Crippen molar-refractivity contribution in [1.82, 2.24) is 0 Å². The molecule has 0 saturated carbocycles. The summed E-state index contributed by atoms with van der Waals surface area (Å²) in [6, 6.07) is 17.8. The molecule has 3 rings (SSSR count). The maximum absolute atomic E-state index is 12.4. The lowest BCUT2D eigenvalue weighted by Gasteiger charge is -2.35. The summed E-state index contributed by atoms with van der Waals surface area (Å²) in [5, 5.41) is 10.4. The quantitative estimate of drug-likeness (QED) is 0.883. The average molecular weight is 296 g/mol. The summed E-state index contributed by atoms with van der Waals surface area (Å²) in [4.78, 5) is 12.4. The Balaban J connectivity index is 2.09. The van der Waals surface area contributed by atoms with Gasteiger partial charge in [0.2, 0.25) is 0 Å². The first-order valence-corrected chi connectivity index (χ1v) is 7.70. The predicted molar refractivity (Wildman–Crippen MR) is 84.4 cm³/mol. The molecular formula is C19H20O3. The predicted octanol–water partition coefficient (Wildman–Crippen LogP) is 3.43. The molecule has 3 nitrogen and oxygen atoms in total. The van der Waals surface area contributed by atoms with E-state index in [-0.39, 0.29) is 17.8 Å². The van der Waals surface area contributed by atoms with Crippen molar-refractivity contribution in [2.75, 3.05) is 6.61 Å². The minimum Gasteiger partial charge on any atom is -0.466 e. The third kappa shape index (κ3) is 2.64. The molecule has 0 heterocycles. The Bertz CT molecular complexity index is 651. The second-order valence-corrected chi connectivity index (χ2v) is 5.63. The smallest absolute Gasteiger partial charge is 0.309 e.